The second kappa shape index (κ2) is 10.5. The monoisotopic (exact) mass is 373 g/mol. The van der Waals surface area contributed by atoms with Crippen molar-refractivity contribution in [2.75, 3.05) is 33.3 Å². The molecule has 0 amide bonds. The summed E-state index contributed by atoms with van der Waals surface area (Å²) in [5.41, 5.74) is 7.84. The molecule has 2 aliphatic rings. The largest absolute Gasteiger partial charge is 0.497 e. The average molecular weight is 374 g/mol. The van der Waals surface area contributed by atoms with E-state index >= 15 is 0 Å². The Hall–Kier alpha value is -1.06. The molecule has 3 heteroatoms. The van der Waals surface area contributed by atoms with Crippen molar-refractivity contribution in [2.45, 2.75) is 76.7 Å². The molecule has 2 fully saturated rings. The summed E-state index contributed by atoms with van der Waals surface area (Å²) in [6, 6.07) is 9.01. The molecule has 2 atom stereocenters. The Kier molecular flexibility index (Phi) is 8.02. The van der Waals surface area contributed by atoms with E-state index in [0.29, 0.717) is 6.04 Å². The molecular weight excluding hydrogens is 332 g/mol. The predicted molar refractivity (Wildman–Crippen MR) is 114 cm³/mol. The third-order valence-corrected chi connectivity index (χ3v) is 7.06. The smallest absolute Gasteiger partial charge is 0.118 e. The van der Waals surface area contributed by atoms with E-state index in [4.69, 9.17) is 10.5 Å². The van der Waals surface area contributed by atoms with E-state index in [-0.39, 0.29) is 0 Å². The zero-order valence-corrected chi connectivity index (χ0v) is 17.5. The Labute approximate surface area is 166 Å². The van der Waals surface area contributed by atoms with Crippen molar-refractivity contribution in [2.24, 2.45) is 11.7 Å². The molecule has 0 spiro atoms. The van der Waals surface area contributed by atoms with E-state index in [2.05, 4.69) is 24.3 Å². The van der Waals surface area contributed by atoms with Gasteiger partial charge in [0, 0.05) is 6.42 Å². The Morgan fingerprint density at radius 1 is 0.963 bits per heavy atom. The van der Waals surface area contributed by atoms with Crippen molar-refractivity contribution in [1.82, 2.24) is 0 Å². The lowest BCUT2D eigenvalue weighted by atomic mass is 9.86. The van der Waals surface area contributed by atoms with Crippen molar-refractivity contribution in [3.05, 3.63) is 29.8 Å². The maximum Gasteiger partial charge on any atom is 0.118 e. The minimum absolute atomic E-state index is 0.411. The van der Waals surface area contributed by atoms with Crippen molar-refractivity contribution >= 4 is 0 Å². The van der Waals surface area contributed by atoms with Gasteiger partial charge >= 0.3 is 0 Å². The lowest BCUT2D eigenvalue weighted by Gasteiger charge is -2.44. The quantitative estimate of drug-likeness (QED) is 0.623. The highest BCUT2D eigenvalue weighted by Crippen LogP contribution is 2.29. The average Bonchev–Trinajstić information content (AvgIpc) is 2.69. The van der Waals surface area contributed by atoms with Gasteiger partial charge in [0.05, 0.1) is 39.3 Å². The second-order valence-electron chi connectivity index (χ2n) is 9.20. The first-order valence-corrected chi connectivity index (χ1v) is 11.4. The van der Waals surface area contributed by atoms with Gasteiger partial charge < -0.3 is 15.0 Å². The van der Waals surface area contributed by atoms with E-state index in [1.807, 2.05) is 0 Å². The Bertz CT molecular complexity index is 538. The molecule has 0 aromatic heterocycles. The van der Waals surface area contributed by atoms with Crippen molar-refractivity contribution in [3.63, 3.8) is 0 Å². The van der Waals surface area contributed by atoms with Crippen LogP contribution in [0.15, 0.2) is 24.3 Å². The summed E-state index contributed by atoms with van der Waals surface area (Å²) in [4.78, 5) is 0. The fourth-order valence-corrected chi connectivity index (χ4v) is 5.49. The number of methoxy groups -OCH3 is 1. The summed E-state index contributed by atoms with van der Waals surface area (Å²) in [7, 11) is 1.73. The van der Waals surface area contributed by atoms with Gasteiger partial charge in [-0.05, 0) is 55.7 Å². The second-order valence-corrected chi connectivity index (χ2v) is 9.20. The van der Waals surface area contributed by atoms with Crippen molar-refractivity contribution in [3.8, 4) is 5.75 Å². The predicted octanol–water partition coefficient (Wildman–Crippen LogP) is 4.93. The molecule has 1 saturated heterocycles. The van der Waals surface area contributed by atoms with Crippen LogP contribution in [0.25, 0.3) is 0 Å². The van der Waals surface area contributed by atoms with Gasteiger partial charge in [0.2, 0.25) is 0 Å². The first kappa shape index (κ1) is 20.7. The molecule has 3 nitrogen and oxygen atoms in total. The Morgan fingerprint density at radius 3 is 2.41 bits per heavy atom. The fourth-order valence-electron chi connectivity index (χ4n) is 5.49. The van der Waals surface area contributed by atoms with Crippen LogP contribution >= 0.6 is 0 Å². The first-order chi connectivity index (χ1) is 13.2. The molecule has 1 aliphatic heterocycles. The highest BCUT2D eigenvalue weighted by atomic mass is 16.5. The van der Waals surface area contributed by atoms with E-state index in [1.54, 1.807) is 7.11 Å². The molecule has 1 aromatic carbocycles. The topological polar surface area (TPSA) is 35.2 Å². The fraction of sp³-hybridized carbons (Fsp3) is 0.750. The van der Waals surface area contributed by atoms with Gasteiger partial charge in [-0.25, -0.2) is 0 Å². The first-order valence-electron chi connectivity index (χ1n) is 11.4. The summed E-state index contributed by atoms with van der Waals surface area (Å²) in [6.45, 7) is 5.20. The summed E-state index contributed by atoms with van der Waals surface area (Å²) < 4.78 is 6.56. The number of benzene rings is 1. The third-order valence-electron chi connectivity index (χ3n) is 7.06. The normalized spacial score (nSPS) is 26.8. The number of hydrogen-bond acceptors (Lipinski definition) is 2. The van der Waals surface area contributed by atoms with E-state index in [9.17, 15) is 0 Å². The van der Waals surface area contributed by atoms with Crippen LogP contribution in [0.2, 0.25) is 0 Å². The number of likely N-dealkylation sites (tertiary alicyclic amines) is 1. The summed E-state index contributed by atoms with van der Waals surface area (Å²) in [5.74, 6) is 1.96. The molecule has 1 saturated carbocycles. The van der Waals surface area contributed by atoms with Crippen LogP contribution in [0.3, 0.4) is 0 Å². The minimum Gasteiger partial charge on any atom is -0.497 e. The molecule has 0 bridgehead atoms. The number of aryl methyl sites for hydroxylation is 1. The minimum atomic E-state index is 0.411. The number of piperidine rings is 1. The van der Waals surface area contributed by atoms with Gasteiger partial charge in [-0.2, -0.15) is 0 Å². The van der Waals surface area contributed by atoms with Crippen LogP contribution in [0, 0.1) is 5.92 Å². The number of nitrogens with zero attached hydrogens (tertiary/aromatic N) is 1. The maximum absolute atomic E-state index is 6.41. The van der Waals surface area contributed by atoms with Crippen LogP contribution in [0.1, 0.15) is 69.8 Å². The van der Waals surface area contributed by atoms with Gasteiger partial charge in [-0.3, -0.25) is 0 Å². The van der Waals surface area contributed by atoms with Crippen molar-refractivity contribution < 1.29 is 9.22 Å². The zero-order chi connectivity index (χ0) is 19.0. The number of hydrogen-bond donors (Lipinski definition) is 1. The number of rotatable bonds is 9. The zero-order valence-electron chi connectivity index (χ0n) is 17.5. The lowest BCUT2D eigenvalue weighted by molar-refractivity contribution is -0.933. The Balaban J connectivity index is 1.48. The van der Waals surface area contributed by atoms with Crippen LogP contribution in [-0.4, -0.2) is 43.8 Å². The molecule has 2 N–H and O–H groups in total. The number of quaternary nitrogens is 1. The Morgan fingerprint density at radius 2 is 1.70 bits per heavy atom. The highest BCUT2D eigenvalue weighted by Gasteiger charge is 2.33. The van der Waals surface area contributed by atoms with Gasteiger partial charge in [0.1, 0.15) is 5.75 Å². The van der Waals surface area contributed by atoms with E-state index in [0.717, 1.165) is 11.7 Å². The molecule has 0 radical (unpaired) electrons. The maximum atomic E-state index is 6.41. The van der Waals surface area contributed by atoms with E-state index in [1.165, 1.54) is 107 Å². The highest BCUT2D eigenvalue weighted by molar-refractivity contribution is 5.27. The third kappa shape index (κ3) is 6.50. The van der Waals surface area contributed by atoms with Gasteiger partial charge in [0.25, 0.3) is 0 Å². The molecule has 2 unspecified atom stereocenters. The molecule has 1 aromatic rings. The summed E-state index contributed by atoms with van der Waals surface area (Å²) in [5, 5.41) is 0. The standard InChI is InChI=1S/C24H41N2O/c1-27-24-15-13-22(14-16-24)11-6-18-26(19-7-12-23(25)20-26)17-5-10-21-8-3-2-4-9-21/h13-16,21,23H,2-12,17-20,25H2,1H3/q+1. The lowest BCUT2D eigenvalue weighted by Crippen LogP contribution is -2.58. The SMILES string of the molecule is COc1ccc(CCC[N+]2(CCCC3CCCCC3)CCCC(N)C2)cc1. The van der Waals surface area contributed by atoms with Crippen LogP contribution in [0.5, 0.6) is 5.75 Å². The van der Waals surface area contributed by atoms with Gasteiger partial charge in [0.15, 0.2) is 0 Å². The number of nitrogens with two attached hydrogens (primary N) is 1. The van der Waals surface area contributed by atoms with Crippen LogP contribution < -0.4 is 10.5 Å². The molecule has 1 heterocycles. The summed E-state index contributed by atoms with van der Waals surface area (Å²) in [6.07, 6.45) is 15.2. The molecule has 152 valence electrons. The van der Waals surface area contributed by atoms with Crippen LogP contribution in [-0.2, 0) is 6.42 Å². The van der Waals surface area contributed by atoms with Gasteiger partial charge in [-0.1, -0.05) is 44.2 Å². The van der Waals surface area contributed by atoms with Crippen LogP contribution in [0.4, 0.5) is 0 Å². The molecule has 1 aliphatic carbocycles. The summed E-state index contributed by atoms with van der Waals surface area (Å²) >= 11 is 0. The molecule has 27 heavy (non-hydrogen) atoms. The number of ether oxygens (including phenoxy) is 1. The van der Waals surface area contributed by atoms with Gasteiger partial charge in [-0.15, -0.1) is 0 Å². The van der Waals surface area contributed by atoms with E-state index < -0.39 is 0 Å². The van der Waals surface area contributed by atoms with Crippen molar-refractivity contribution in [1.29, 1.82) is 0 Å². The molecule has 3 rings (SSSR count). The molecular formula is C24H41N2O+.